The van der Waals surface area contributed by atoms with Gasteiger partial charge in [0.2, 0.25) is 0 Å². The highest BCUT2D eigenvalue weighted by Crippen LogP contribution is 1.97. The van der Waals surface area contributed by atoms with Gasteiger partial charge in [0.15, 0.2) is 0 Å². The van der Waals surface area contributed by atoms with E-state index in [-0.39, 0.29) is 0 Å². The zero-order valence-electron chi connectivity index (χ0n) is 9.46. The Bertz CT molecular complexity index is 313. The molecule has 0 amide bonds. The van der Waals surface area contributed by atoms with Gasteiger partial charge in [0.1, 0.15) is 0 Å². The molecule has 0 aliphatic rings. The fraction of sp³-hybridized carbons (Fsp3) is 0.500. The lowest BCUT2D eigenvalue weighted by Gasteiger charge is -1.89. The van der Waals surface area contributed by atoms with Crippen molar-refractivity contribution in [2.24, 2.45) is 0 Å². The minimum atomic E-state index is -0.523. The van der Waals surface area contributed by atoms with Crippen LogP contribution in [0.1, 0.15) is 25.7 Å². The lowest BCUT2D eigenvalue weighted by Crippen LogP contribution is -1.94. The molecule has 0 saturated carbocycles. The number of unbranched alkanes of at least 4 members (excludes halogenated alkanes) is 3. The third-order valence-electron chi connectivity index (χ3n) is 1.61. The van der Waals surface area contributed by atoms with Crippen molar-refractivity contribution < 1.29 is 19.1 Å². The second-order valence-corrected chi connectivity index (χ2v) is 2.79. The summed E-state index contributed by atoms with van der Waals surface area (Å²) in [6.07, 6.45) is 2.91. The van der Waals surface area contributed by atoms with Crippen LogP contribution in [0.2, 0.25) is 0 Å². The van der Waals surface area contributed by atoms with Crippen LogP contribution < -0.4 is 0 Å². The molecular formula is C12H14O4. The number of carbonyl (C=O) groups excluding carboxylic acids is 2. The molecule has 0 aliphatic heterocycles. The second-order valence-electron chi connectivity index (χ2n) is 2.79. The molecule has 0 aromatic heterocycles. The van der Waals surface area contributed by atoms with Gasteiger partial charge >= 0.3 is 11.9 Å². The highest BCUT2D eigenvalue weighted by Gasteiger charge is 1.90. The maximum Gasteiger partial charge on any atom is 0.384 e. The van der Waals surface area contributed by atoms with Gasteiger partial charge in [0, 0.05) is 24.7 Å². The molecular weight excluding hydrogens is 208 g/mol. The molecule has 16 heavy (non-hydrogen) atoms. The van der Waals surface area contributed by atoms with E-state index in [0.29, 0.717) is 12.8 Å². The predicted molar refractivity (Wildman–Crippen MR) is 58.1 cm³/mol. The Kier molecular flexibility index (Phi) is 8.44. The zero-order valence-corrected chi connectivity index (χ0v) is 9.46. The summed E-state index contributed by atoms with van der Waals surface area (Å²) in [7, 11) is 2.58. The van der Waals surface area contributed by atoms with Crippen molar-refractivity contribution in [2.45, 2.75) is 25.7 Å². The molecule has 0 bridgehead atoms. The molecule has 0 saturated heterocycles. The van der Waals surface area contributed by atoms with Gasteiger partial charge in [-0.25, -0.2) is 9.59 Å². The zero-order chi connectivity index (χ0) is 12.2. The van der Waals surface area contributed by atoms with E-state index < -0.39 is 11.9 Å². The topological polar surface area (TPSA) is 52.6 Å². The summed E-state index contributed by atoms with van der Waals surface area (Å²) in [4.78, 5) is 21.2. The largest absolute Gasteiger partial charge is 0.459 e. The summed E-state index contributed by atoms with van der Waals surface area (Å²) in [5.74, 6) is 8.98. The van der Waals surface area contributed by atoms with Crippen molar-refractivity contribution in [1.82, 2.24) is 0 Å². The van der Waals surface area contributed by atoms with Gasteiger partial charge in [-0.1, -0.05) is 11.8 Å². The first-order valence-electron chi connectivity index (χ1n) is 4.84. The van der Waals surface area contributed by atoms with Gasteiger partial charge in [-0.05, 0) is 12.8 Å². The Hall–Kier alpha value is -1.94. The summed E-state index contributed by atoms with van der Waals surface area (Å²) in [6, 6.07) is 0. The van der Waals surface area contributed by atoms with Crippen LogP contribution >= 0.6 is 0 Å². The summed E-state index contributed by atoms with van der Waals surface area (Å²) < 4.78 is 8.70. The molecule has 0 rings (SSSR count). The molecule has 86 valence electrons. The molecule has 0 radical (unpaired) electrons. The lowest BCUT2D eigenvalue weighted by molar-refractivity contribution is -0.134. The first-order valence-corrected chi connectivity index (χ1v) is 4.84. The van der Waals surface area contributed by atoms with Crippen LogP contribution in [-0.2, 0) is 19.1 Å². The number of hydrogen-bond donors (Lipinski definition) is 0. The van der Waals surface area contributed by atoms with Gasteiger partial charge < -0.3 is 9.47 Å². The Morgan fingerprint density at radius 1 is 0.875 bits per heavy atom. The van der Waals surface area contributed by atoms with Crippen molar-refractivity contribution in [3.63, 3.8) is 0 Å². The Balaban J connectivity index is 3.52. The Morgan fingerprint density at radius 2 is 1.25 bits per heavy atom. The van der Waals surface area contributed by atoms with Gasteiger partial charge in [-0.3, -0.25) is 0 Å². The fourth-order valence-corrected chi connectivity index (χ4v) is 0.798. The van der Waals surface area contributed by atoms with Crippen molar-refractivity contribution in [2.75, 3.05) is 14.2 Å². The molecule has 4 nitrogen and oxygen atoms in total. The van der Waals surface area contributed by atoms with E-state index in [1.165, 1.54) is 14.2 Å². The molecule has 0 aliphatic carbocycles. The molecule has 0 fully saturated rings. The minimum Gasteiger partial charge on any atom is -0.459 e. The van der Waals surface area contributed by atoms with Crippen LogP contribution in [-0.4, -0.2) is 26.2 Å². The Labute approximate surface area is 95.3 Å². The number of rotatable bonds is 3. The lowest BCUT2D eigenvalue weighted by atomic mass is 10.2. The quantitative estimate of drug-likeness (QED) is 0.308. The number of methoxy groups -OCH3 is 2. The third-order valence-corrected chi connectivity index (χ3v) is 1.61. The van der Waals surface area contributed by atoms with Crippen LogP contribution in [0.3, 0.4) is 0 Å². The molecule has 0 unspecified atom stereocenters. The Morgan fingerprint density at radius 3 is 1.56 bits per heavy atom. The molecule has 0 aromatic rings. The first kappa shape index (κ1) is 14.1. The second kappa shape index (κ2) is 9.61. The highest BCUT2D eigenvalue weighted by atomic mass is 16.5. The SMILES string of the molecule is COC(=O)C#CCCCCC#CC(=O)OC. The van der Waals surface area contributed by atoms with E-state index in [4.69, 9.17) is 0 Å². The highest BCUT2D eigenvalue weighted by molar-refractivity contribution is 5.88. The van der Waals surface area contributed by atoms with E-state index in [0.717, 1.165) is 12.8 Å². The van der Waals surface area contributed by atoms with Gasteiger partial charge in [-0.15, -0.1) is 0 Å². The van der Waals surface area contributed by atoms with Crippen LogP contribution in [0.15, 0.2) is 0 Å². The van der Waals surface area contributed by atoms with Gasteiger partial charge in [0.25, 0.3) is 0 Å². The fourth-order valence-electron chi connectivity index (χ4n) is 0.798. The van der Waals surface area contributed by atoms with Gasteiger partial charge in [-0.2, -0.15) is 0 Å². The van der Waals surface area contributed by atoms with E-state index in [2.05, 4.69) is 33.2 Å². The summed E-state index contributed by atoms with van der Waals surface area (Å²) in [5, 5.41) is 0. The standard InChI is InChI=1S/C12H14O4/c1-15-11(13)9-7-5-3-4-6-8-10-12(14)16-2/h3-6H2,1-2H3. The molecule has 4 heteroatoms. The van der Waals surface area contributed by atoms with Crippen LogP contribution in [0, 0.1) is 23.7 Å². The average molecular weight is 222 g/mol. The van der Waals surface area contributed by atoms with E-state index in [1.807, 2.05) is 0 Å². The van der Waals surface area contributed by atoms with Crippen LogP contribution in [0.4, 0.5) is 0 Å². The number of esters is 2. The molecule has 0 aromatic carbocycles. The monoisotopic (exact) mass is 222 g/mol. The van der Waals surface area contributed by atoms with E-state index in [9.17, 15) is 9.59 Å². The predicted octanol–water partition coefficient (Wildman–Crippen LogP) is 0.900. The van der Waals surface area contributed by atoms with Crippen molar-refractivity contribution >= 4 is 11.9 Å². The van der Waals surface area contributed by atoms with Crippen molar-refractivity contribution in [1.29, 1.82) is 0 Å². The van der Waals surface area contributed by atoms with Crippen LogP contribution in [0.5, 0.6) is 0 Å². The number of hydrogen-bond acceptors (Lipinski definition) is 4. The summed E-state index contributed by atoms with van der Waals surface area (Å²) in [5.41, 5.74) is 0. The van der Waals surface area contributed by atoms with Crippen molar-refractivity contribution in [3.8, 4) is 23.7 Å². The number of ether oxygens (including phenoxy) is 2. The normalized spacial score (nSPS) is 7.88. The smallest absolute Gasteiger partial charge is 0.384 e. The third kappa shape index (κ3) is 8.65. The average Bonchev–Trinajstić information content (AvgIpc) is 2.31. The van der Waals surface area contributed by atoms with E-state index in [1.54, 1.807) is 0 Å². The summed E-state index contributed by atoms with van der Waals surface area (Å²) in [6.45, 7) is 0. The molecule has 0 spiro atoms. The molecule has 0 N–H and O–H groups in total. The maximum absolute atomic E-state index is 10.6. The summed E-state index contributed by atoms with van der Waals surface area (Å²) >= 11 is 0. The van der Waals surface area contributed by atoms with E-state index >= 15 is 0 Å². The molecule has 0 heterocycles. The maximum atomic E-state index is 10.6. The molecule has 0 atom stereocenters. The minimum absolute atomic E-state index is 0.523. The van der Waals surface area contributed by atoms with Crippen molar-refractivity contribution in [3.05, 3.63) is 0 Å². The first-order chi connectivity index (χ1) is 7.70. The van der Waals surface area contributed by atoms with Crippen LogP contribution in [0.25, 0.3) is 0 Å². The van der Waals surface area contributed by atoms with Gasteiger partial charge in [0.05, 0.1) is 14.2 Å². The number of carbonyl (C=O) groups is 2.